The highest BCUT2D eigenvalue weighted by molar-refractivity contribution is 7.86. The van der Waals surface area contributed by atoms with Crippen LogP contribution in [0.1, 0.15) is 6.92 Å². The summed E-state index contributed by atoms with van der Waals surface area (Å²) in [5, 5.41) is 0. The average Bonchev–Trinajstić information content (AvgIpc) is 2.43. The lowest BCUT2D eigenvalue weighted by molar-refractivity contribution is 0.153. The van der Waals surface area contributed by atoms with Gasteiger partial charge in [0.2, 0.25) is 0 Å². The van der Waals surface area contributed by atoms with E-state index in [1.807, 2.05) is 0 Å². The van der Waals surface area contributed by atoms with E-state index in [4.69, 9.17) is 0 Å². The van der Waals surface area contributed by atoms with Gasteiger partial charge in [-0.1, -0.05) is 0 Å². The summed E-state index contributed by atoms with van der Waals surface area (Å²) in [6, 6.07) is 0. The number of hydrogen-bond acceptors (Lipinski definition) is 7. The second-order valence-electron chi connectivity index (χ2n) is 2.54. The molecule has 0 saturated carbocycles. The van der Waals surface area contributed by atoms with Gasteiger partial charge >= 0.3 is 10.4 Å². The Hall–Kier alpha value is -0.220. The Morgan fingerprint density at radius 3 is 2.57 bits per heavy atom. The Morgan fingerprint density at radius 2 is 2.14 bits per heavy atom. The van der Waals surface area contributed by atoms with Crippen LogP contribution in [-0.2, 0) is 33.1 Å². The zero-order chi connectivity index (χ0) is 10.8. The standard InChI is InChI=1S/C5H10O7S2/c1-2-13(6,7)10-3-5-4-11-14(8,9)12-5/h5H,2-4H2,1H3/t5-/m1/s1. The molecule has 1 aliphatic heterocycles. The zero-order valence-electron chi connectivity index (χ0n) is 7.37. The third-order valence-corrected chi connectivity index (χ3v) is 3.57. The maximum Gasteiger partial charge on any atom is 0.400 e. The highest BCUT2D eigenvalue weighted by atomic mass is 32.3. The second-order valence-corrected chi connectivity index (χ2v) is 5.71. The molecule has 9 heteroatoms. The first-order valence-corrected chi connectivity index (χ1v) is 6.70. The summed E-state index contributed by atoms with van der Waals surface area (Å²) in [4.78, 5) is 0. The molecule has 1 rings (SSSR count). The minimum absolute atomic E-state index is 0.173. The SMILES string of the molecule is CCS(=O)(=O)OC[C@@H]1COS(=O)(=O)O1. The maximum atomic E-state index is 10.8. The molecule has 1 fully saturated rings. The summed E-state index contributed by atoms with van der Waals surface area (Å²) in [6.45, 7) is 0.842. The van der Waals surface area contributed by atoms with Gasteiger partial charge in [-0.3, -0.25) is 4.18 Å². The lowest BCUT2D eigenvalue weighted by Crippen LogP contribution is -2.21. The molecule has 0 N–H and O–H groups in total. The van der Waals surface area contributed by atoms with Crippen molar-refractivity contribution in [2.24, 2.45) is 0 Å². The van der Waals surface area contributed by atoms with Crippen LogP contribution in [0.2, 0.25) is 0 Å². The van der Waals surface area contributed by atoms with Crippen LogP contribution in [0.4, 0.5) is 0 Å². The average molecular weight is 246 g/mol. The Kier molecular flexibility index (Phi) is 3.48. The molecule has 0 unspecified atom stereocenters. The molecule has 0 radical (unpaired) electrons. The van der Waals surface area contributed by atoms with E-state index in [0.717, 1.165) is 0 Å². The molecule has 0 aromatic heterocycles. The molecule has 1 saturated heterocycles. The highest BCUT2D eigenvalue weighted by Crippen LogP contribution is 2.13. The number of rotatable bonds is 4. The molecule has 0 amide bonds. The van der Waals surface area contributed by atoms with Gasteiger partial charge in [-0.25, -0.2) is 8.37 Å². The molecule has 14 heavy (non-hydrogen) atoms. The van der Waals surface area contributed by atoms with Gasteiger partial charge < -0.3 is 0 Å². The van der Waals surface area contributed by atoms with Gasteiger partial charge in [-0.05, 0) is 6.92 Å². The van der Waals surface area contributed by atoms with Crippen molar-refractivity contribution in [1.29, 1.82) is 0 Å². The van der Waals surface area contributed by atoms with Crippen molar-refractivity contribution in [3.63, 3.8) is 0 Å². The Morgan fingerprint density at radius 1 is 1.50 bits per heavy atom. The minimum Gasteiger partial charge on any atom is -0.267 e. The molecule has 0 bridgehead atoms. The van der Waals surface area contributed by atoms with Gasteiger partial charge in [0, 0.05) is 0 Å². The van der Waals surface area contributed by atoms with E-state index >= 15 is 0 Å². The molecule has 0 aromatic rings. The van der Waals surface area contributed by atoms with Crippen molar-refractivity contribution in [1.82, 2.24) is 0 Å². The fourth-order valence-corrected chi connectivity index (χ4v) is 2.06. The third-order valence-electron chi connectivity index (χ3n) is 1.44. The topological polar surface area (TPSA) is 96.0 Å². The molecule has 1 aliphatic rings. The van der Waals surface area contributed by atoms with Crippen LogP contribution in [0.5, 0.6) is 0 Å². The summed E-state index contributed by atoms with van der Waals surface area (Å²) in [5.41, 5.74) is 0. The summed E-state index contributed by atoms with van der Waals surface area (Å²) < 4.78 is 55.9. The van der Waals surface area contributed by atoms with Crippen LogP contribution in [0.3, 0.4) is 0 Å². The summed E-state index contributed by atoms with van der Waals surface area (Å²) in [5.74, 6) is -0.173. The quantitative estimate of drug-likeness (QED) is 0.588. The summed E-state index contributed by atoms with van der Waals surface area (Å²) in [6.07, 6.45) is -0.888. The maximum absolute atomic E-state index is 10.8. The van der Waals surface area contributed by atoms with Gasteiger partial charge in [-0.15, -0.1) is 0 Å². The first-order chi connectivity index (χ1) is 6.35. The normalized spacial score (nSPS) is 26.5. The monoisotopic (exact) mass is 246 g/mol. The fourth-order valence-electron chi connectivity index (χ4n) is 0.720. The predicted octanol–water partition coefficient (Wildman–Crippen LogP) is -0.987. The molecular formula is C5H10O7S2. The van der Waals surface area contributed by atoms with Crippen molar-refractivity contribution in [2.45, 2.75) is 13.0 Å². The van der Waals surface area contributed by atoms with Crippen LogP contribution in [0.15, 0.2) is 0 Å². The first kappa shape index (κ1) is 11.9. The van der Waals surface area contributed by atoms with E-state index < -0.39 is 26.6 Å². The Balaban J connectivity index is 2.42. The minimum atomic E-state index is -3.94. The van der Waals surface area contributed by atoms with E-state index in [-0.39, 0.29) is 19.0 Å². The largest absolute Gasteiger partial charge is 0.400 e. The third kappa shape index (κ3) is 3.50. The molecule has 0 aromatic carbocycles. The van der Waals surface area contributed by atoms with Gasteiger partial charge in [0.15, 0.2) is 0 Å². The molecule has 1 atom stereocenters. The number of hydrogen-bond donors (Lipinski definition) is 0. The first-order valence-electron chi connectivity index (χ1n) is 3.79. The van der Waals surface area contributed by atoms with Crippen molar-refractivity contribution < 1.29 is 29.4 Å². The summed E-state index contributed by atoms with van der Waals surface area (Å²) >= 11 is 0. The Labute approximate surface area is 82.4 Å². The molecule has 7 nitrogen and oxygen atoms in total. The van der Waals surface area contributed by atoms with Crippen LogP contribution < -0.4 is 0 Å². The highest BCUT2D eigenvalue weighted by Gasteiger charge is 2.31. The van der Waals surface area contributed by atoms with Crippen LogP contribution in [0, 0.1) is 0 Å². The molecule has 0 spiro atoms. The van der Waals surface area contributed by atoms with E-state index in [1.54, 1.807) is 0 Å². The van der Waals surface area contributed by atoms with E-state index in [2.05, 4.69) is 12.5 Å². The smallest absolute Gasteiger partial charge is 0.267 e. The van der Waals surface area contributed by atoms with Gasteiger partial charge in [-0.2, -0.15) is 16.8 Å². The van der Waals surface area contributed by atoms with E-state index in [9.17, 15) is 16.8 Å². The van der Waals surface area contributed by atoms with E-state index in [1.165, 1.54) is 6.92 Å². The van der Waals surface area contributed by atoms with Crippen molar-refractivity contribution >= 4 is 20.5 Å². The van der Waals surface area contributed by atoms with Crippen LogP contribution in [-0.4, -0.2) is 41.9 Å². The van der Waals surface area contributed by atoms with Crippen molar-refractivity contribution in [3.05, 3.63) is 0 Å². The Bertz CT molecular complexity index is 380. The van der Waals surface area contributed by atoms with Crippen LogP contribution in [0.25, 0.3) is 0 Å². The van der Waals surface area contributed by atoms with Crippen molar-refractivity contribution in [3.8, 4) is 0 Å². The molecule has 0 aliphatic carbocycles. The predicted molar refractivity (Wildman–Crippen MR) is 45.2 cm³/mol. The zero-order valence-corrected chi connectivity index (χ0v) is 9.01. The summed E-state index contributed by atoms with van der Waals surface area (Å²) in [7, 11) is -7.52. The second kappa shape index (κ2) is 4.11. The van der Waals surface area contributed by atoms with E-state index in [0.29, 0.717) is 0 Å². The van der Waals surface area contributed by atoms with Gasteiger partial charge in [0.05, 0.1) is 19.0 Å². The van der Waals surface area contributed by atoms with Crippen molar-refractivity contribution in [2.75, 3.05) is 19.0 Å². The lowest BCUT2D eigenvalue weighted by atomic mass is 10.4. The van der Waals surface area contributed by atoms with Crippen LogP contribution >= 0.6 is 0 Å². The molecule has 84 valence electrons. The molecular weight excluding hydrogens is 236 g/mol. The van der Waals surface area contributed by atoms with Gasteiger partial charge in [0.25, 0.3) is 10.1 Å². The van der Waals surface area contributed by atoms with Gasteiger partial charge in [0.1, 0.15) is 6.10 Å². The fraction of sp³-hybridized carbons (Fsp3) is 1.00. The molecule has 1 heterocycles. The lowest BCUT2D eigenvalue weighted by Gasteiger charge is -2.05.